The molecule has 1 aliphatic heterocycles. The fraction of sp³-hybridized carbons (Fsp3) is 0.312. The number of sulfonamides is 1. The molecule has 1 aromatic heterocycles. The predicted octanol–water partition coefficient (Wildman–Crippen LogP) is 2.62. The predicted molar refractivity (Wildman–Crippen MR) is 83.1 cm³/mol. The summed E-state index contributed by atoms with van der Waals surface area (Å²) in [6.45, 7) is 0.523. The van der Waals surface area contributed by atoms with Crippen LogP contribution in [-0.2, 0) is 10.0 Å². The topological polar surface area (TPSA) is 59.5 Å². The molecule has 1 aromatic carbocycles. The molecule has 1 fully saturated rings. The van der Waals surface area contributed by atoms with E-state index in [0.29, 0.717) is 12.3 Å². The fourth-order valence-corrected chi connectivity index (χ4v) is 4.45. The highest BCUT2D eigenvalue weighted by molar-refractivity contribution is 7.89. The minimum atomic E-state index is -3.52. The molecule has 0 bridgehead atoms. The van der Waals surface area contributed by atoms with Crippen molar-refractivity contribution in [2.45, 2.75) is 23.8 Å². The molecule has 1 saturated heterocycles. The normalized spacial score (nSPS) is 19.2. The van der Waals surface area contributed by atoms with Gasteiger partial charge < -0.3 is 4.74 Å². The molecule has 0 amide bonds. The lowest BCUT2D eigenvalue weighted by Crippen LogP contribution is -2.31. The third kappa shape index (κ3) is 2.71. The van der Waals surface area contributed by atoms with E-state index < -0.39 is 10.0 Å². The summed E-state index contributed by atoms with van der Waals surface area (Å²) < 4.78 is 32.4. The molecular weight excluding hydrogens is 300 g/mol. The van der Waals surface area contributed by atoms with Gasteiger partial charge in [0.1, 0.15) is 5.75 Å². The summed E-state index contributed by atoms with van der Waals surface area (Å²) in [6, 6.07) is 11.9. The van der Waals surface area contributed by atoms with E-state index in [1.807, 2.05) is 18.2 Å². The highest BCUT2D eigenvalue weighted by Crippen LogP contribution is 2.35. The van der Waals surface area contributed by atoms with E-state index in [4.69, 9.17) is 4.74 Å². The average Bonchev–Trinajstić information content (AvgIpc) is 3.06. The van der Waals surface area contributed by atoms with Crippen molar-refractivity contribution in [1.29, 1.82) is 0 Å². The van der Waals surface area contributed by atoms with Crippen molar-refractivity contribution in [2.75, 3.05) is 13.7 Å². The number of aromatic nitrogens is 1. The van der Waals surface area contributed by atoms with Crippen LogP contribution in [0.15, 0.2) is 53.6 Å². The Balaban J connectivity index is 1.93. The lowest BCUT2D eigenvalue weighted by Gasteiger charge is -2.23. The van der Waals surface area contributed by atoms with Gasteiger partial charge in [-0.3, -0.25) is 4.98 Å². The van der Waals surface area contributed by atoms with Crippen LogP contribution in [0, 0.1) is 0 Å². The molecular formula is C16H18N2O3S. The molecule has 0 radical (unpaired) electrons. The zero-order valence-electron chi connectivity index (χ0n) is 12.3. The first-order chi connectivity index (χ1) is 10.6. The van der Waals surface area contributed by atoms with Gasteiger partial charge in [-0.05, 0) is 49.2 Å². The monoisotopic (exact) mass is 318 g/mol. The number of hydrogen-bond donors (Lipinski definition) is 0. The second-order valence-corrected chi connectivity index (χ2v) is 7.09. The Morgan fingerprint density at radius 3 is 2.59 bits per heavy atom. The van der Waals surface area contributed by atoms with Gasteiger partial charge in [0.05, 0.1) is 23.7 Å². The maximum Gasteiger partial charge on any atom is 0.243 e. The third-order valence-corrected chi connectivity index (χ3v) is 5.82. The first-order valence-corrected chi connectivity index (χ1v) is 8.64. The second kappa shape index (κ2) is 6.06. The van der Waals surface area contributed by atoms with Crippen molar-refractivity contribution >= 4 is 10.0 Å². The van der Waals surface area contributed by atoms with Crippen LogP contribution in [0.3, 0.4) is 0 Å². The van der Waals surface area contributed by atoms with Crippen molar-refractivity contribution in [2.24, 2.45) is 0 Å². The van der Waals surface area contributed by atoms with Crippen LogP contribution in [0.1, 0.15) is 24.6 Å². The van der Waals surface area contributed by atoms with E-state index in [0.717, 1.165) is 18.5 Å². The summed E-state index contributed by atoms with van der Waals surface area (Å²) >= 11 is 0. The highest BCUT2D eigenvalue weighted by Gasteiger charge is 2.36. The van der Waals surface area contributed by atoms with Crippen molar-refractivity contribution in [3.63, 3.8) is 0 Å². The van der Waals surface area contributed by atoms with E-state index in [2.05, 4.69) is 4.98 Å². The van der Waals surface area contributed by atoms with Gasteiger partial charge in [0.25, 0.3) is 0 Å². The molecule has 0 aliphatic carbocycles. The first kappa shape index (κ1) is 15.0. The maximum absolute atomic E-state index is 12.9. The van der Waals surface area contributed by atoms with E-state index in [-0.39, 0.29) is 10.9 Å². The fourth-order valence-electron chi connectivity index (χ4n) is 2.78. The molecule has 0 saturated carbocycles. The standard InChI is InChI=1S/C16H18N2O3S/c1-21-13-7-9-14(10-8-13)22(19,20)18-12-4-6-16(18)15-5-2-3-11-17-15/h2-3,5,7-11,16H,4,6,12H2,1H3. The lowest BCUT2D eigenvalue weighted by molar-refractivity contribution is 0.390. The molecule has 5 nitrogen and oxygen atoms in total. The van der Waals surface area contributed by atoms with Crippen LogP contribution in [0.2, 0.25) is 0 Å². The molecule has 1 atom stereocenters. The summed E-state index contributed by atoms with van der Waals surface area (Å²) in [4.78, 5) is 4.61. The van der Waals surface area contributed by atoms with Crippen molar-refractivity contribution in [3.8, 4) is 5.75 Å². The third-order valence-electron chi connectivity index (χ3n) is 3.90. The molecule has 1 aliphatic rings. The van der Waals surface area contributed by atoms with E-state index >= 15 is 0 Å². The van der Waals surface area contributed by atoms with Gasteiger partial charge in [0.2, 0.25) is 10.0 Å². The van der Waals surface area contributed by atoms with Crippen LogP contribution >= 0.6 is 0 Å². The Hall–Kier alpha value is -1.92. The number of methoxy groups -OCH3 is 1. The Kier molecular flexibility index (Phi) is 4.13. The highest BCUT2D eigenvalue weighted by atomic mass is 32.2. The Bertz CT molecular complexity index is 730. The van der Waals surface area contributed by atoms with Crippen LogP contribution in [0.4, 0.5) is 0 Å². The van der Waals surface area contributed by atoms with Gasteiger partial charge in [-0.25, -0.2) is 8.42 Å². The van der Waals surface area contributed by atoms with Crippen LogP contribution in [0.5, 0.6) is 5.75 Å². The molecule has 116 valence electrons. The maximum atomic E-state index is 12.9. The minimum Gasteiger partial charge on any atom is -0.497 e. The largest absolute Gasteiger partial charge is 0.497 e. The SMILES string of the molecule is COc1ccc(S(=O)(=O)N2CCCC2c2ccccn2)cc1. The summed E-state index contributed by atoms with van der Waals surface area (Å²) in [5.74, 6) is 0.640. The van der Waals surface area contributed by atoms with Gasteiger partial charge in [0.15, 0.2) is 0 Å². The Morgan fingerprint density at radius 1 is 1.18 bits per heavy atom. The molecule has 6 heteroatoms. The summed E-state index contributed by atoms with van der Waals surface area (Å²) in [5.41, 5.74) is 0.803. The minimum absolute atomic E-state index is 0.187. The van der Waals surface area contributed by atoms with Gasteiger partial charge in [-0.15, -0.1) is 0 Å². The smallest absolute Gasteiger partial charge is 0.243 e. The van der Waals surface area contributed by atoms with Crippen LogP contribution < -0.4 is 4.74 Å². The van der Waals surface area contributed by atoms with Crippen LogP contribution in [0.25, 0.3) is 0 Å². The average molecular weight is 318 g/mol. The number of benzene rings is 1. The van der Waals surface area contributed by atoms with E-state index in [1.54, 1.807) is 41.9 Å². The zero-order valence-corrected chi connectivity index (χ0v) is 13.2. The quantitative estimate of drug-likeness (QED) is 0.869. The summed E-state index contributed by atoms with van der Waals surface area (Å²) in [7, 11) is -1.97. The Labute approximate surface area is 130 Å². The molecule has 0 N–H and O–H groups in total. The first-order valence-electron chi connectivity index (χ1n) is 7.20. The number of pyridine rings is 1. The van der Waals surface area contributed by atoms with Crippen molar-refractivity contribution < 1.29 is 13.2 Å². The number of hydrogen-bond acceptors (Lipinski definition) is 4. The van der Waals surface area contributed by atoms with Gasteiger partial charge in [-0.2, -0.15) is 4.31 Å². The Morgan fingerprint density at radius 2 is 1.95 bits per heavy atom. The van der Waals surface area contributed by atoms with Gasteiger partial charge in [0, 0.05) is 12.7 Å². The summed E-state index contributed by atoms with van der Waals surface area (Å²) in [6.07, 6.45) is 3.34. The number of ether oxygens (including phenoxy) is 1. The van der Waals surface area contributed by atoms with Gasteiger partial charge >= 0.3 is 0 Å². The van der Waals surface area contributed by atoms with E-state index in [1.165, 1.54) is 0 Å². The molecule has 2 aromatic rings. The number of nitrogens with zero attached hydrogens (tertiary/aromatic N) is 2. The van der Waals surface area contributed by atoms with Crippen molar-refractivity contribution in [3.05, 3.63) is 54.4 Å². The molecule has 0 spiro atoms. The van der Waals surface area contributed by atoms with Gasteiger partial charge in [-0.1, -0.05) is 6.07 Å². The van der Waals surface area contributed by atoms with Crippen molar-refractivity contribution in [1.82, 2.24) is 9.29 Å². The summed E-state index contributed by atoms with van der Waals surface area (Å²) in [5, 5.41) is 0. The molecule has 22 heavy (non-hydrogen) atoms. The lowest BCUT2D eigenvalue weighted by atomic mass is 10.1. The van der Waals surface area contributed by atoms with Crippen LogP contribution in [-0.4, -0.2) is 31.4 Å². The molecule has 1 unspecified atom stereocenters. The number of rotatable bonds is 4. The van der Waals surface area contributed by atoms with E-state index in [9.17, 15) is 8.42 Å². The zero-order chi connectivity index (χ0) is 15.6. The molecule has 3 rings (SSSR count). The molecule has 2 heterocycles. The second-order valence-electron chi connectivity index (χ2n) is 5.20.